The largest absolute Gasteiger partial charge is 0.481 e. The van der Waals surface area contributed by atoms with Crippen molar-refractivity contribution in [3.63, 3.8) is 0 Å². The molecule has 7 heteroatoms. The Hall–Kier alpha value is -2.83. The SMILES string of the molecule is CCCc1cc(=O)oc2c(C)c(O[C@@H](C)C(=O)NCCCCCC(=O)O)ccc12. The van der Waals surface area contributed by atoms with Gasteiger partial charge in [-0.25, -0.2) is 4.79 Å². The van der Waals surface area contributed by atoms with E-state index in [0.29, 0.717) is 36.3 Å². The molecule has 0 saturated carbocycles. The summed E-state index contributed by atoms with van der Waals surface area (Å²) < 4.78 is 11.2. The van der Waals surface area contributed by atoms with Crippen LogP contribution in [0.25, 0.3) is 11.0 Å². The van der Waals surface area contributed by atoms with Crippen LogP contribution in [0.2, 0.25) is 0 Å². The van der Waals surface area contributed by atoms with Crippen molar-refractivity contribution in [1.29, 1.82) is 0 Å². The van der Waals surface area contributed by atoms with Gasteiger partial charge in [0.2, 0.25) is 0 Å². The molecule has 29 heavy (non-hydrogen) atoms. The Labute approximate surface area is 170 Å². The fourth-order valence-electron chi connectivity index (χ4n) is 3.19. The maximum atomic E-state index is 12.3. The van der Waals surface area contributed by atoms with Crippen LogP contribution in [0.3, 0.4) is 0 Å². The summed E-state index contributed by atoms with van der Waals surface area (Å²) >= 11 is 0. The second kappa shape index (κ2) is 10.6. The lowest BCUT2D eigenvalue weighted by atomic mass is 10.0. The molecule has 1 aromatic heterocycles. The molecule has 158 valence electrons. The second-order valence-corrected chi connectivity index (χ2v) is 7.16. The number of carboxylic acid groups (broad SMARTS) is 1. The highest BCUT2D eigenvalue weighted by Crippen LogP contribution is 2.29. The number of nitrogens with one attached hydrogen (secondary N) is 1. The number of carboxylic acids is 1. The molecule has 2 N–H and O–H groups in total. The molecule has 2 rings (SSSR count). The molecule has 0 aliphatic carbocycles. The topological polar surface area (TPSA) is 106 Å². The number of ether oxygens (including phenoxy) is 1. The first kappa shape index (κ1) is 22.5. The molecule has 0 radical (unpaired) electrons. The van der Waals surface area contributed by atoms with E-state index < -0.39 is 17.7 Å². The van der Waals surface area contributed by atoms with Crippen molar-refractivity contribution in [3.8, 4) is 5.75 Å². The Morgan fingerprint density at radius 3 is 2.69 bits per heavy atom. The third-order valence-corrected chi connectivity index (χ3v) is 4.76. The van der Waals surface area contributed by atoms with E-state index >= 15 is 0 Å². The number of carbonyl (C=O) groups excluding carboxylic acids is 1. The average molecular weight is 403 g/mol. The van der Waals surface area contributed by atoms with E-state index in [1.807, 2.05) is 13.0 Å². The number of aliphatic carboxylic acids is 1. The zero-order valence-electron chi connectivity index (χ0n) is 17.2. The summed E-state index contributed by atoms with van der Waals surface area (Å²) in [5.41, 5.74) is 1.73. The van der Waals surface area contributed by atoms with Gasteiger partial charge < -0.3 is 19.6 Å². The molecule has 2 aromatic rings. The van der Waals surface area contributed by atoms with Crippen LogP contribution in [0.4, 0.5) is 0 Å². The number of fused-ring (bicyclic) bond motifs is 1. The Balaban J connectivity index is 2.00. The van der Waals surface area contributed by atoms with Crippen LogP contribution >= 0.6 is 0 Å². The molecule has 1 heterocycles. The maximum absolute atomic E-state index is 12.3. The number of unbranched alkanes of at least 4 members (excludes halogenated alkanes) is 2. The Morgan fingerprint density at radius 2 is 2.00 bits per heavy atom. The first-order valence-electron chi connectivity index (χ1n) is 10.1. The number of hydrogen-bond acceptors (Lipinski definition) is 5. The van der Waals surface area contributed by atoms with Gasteiger partial charge in [-0.3, -0.25) is 9.59 Å². The molecule has 1 amide bonds. The van der Waals surface area contributed by atoms with Crippen LogP contribution in [0.5, 0.6) is 5.75 Å². The van der Waals surface area contributed by atoms with Crippen molar-refractivity contribution in [2.45, 2.75) is 65.4 Å². The number of benzene rings is 1. The van der Waals surface area contributed by atoms with Gasteiger partial charge in [0, 0.05) is 30.0 Å². The molecule has 1 atom stereocenters. The lowest BCUT2D eigenvalue weighted by Crippen LogP contribution is -2.36. The van der Waals surface area contributed by atoms with Crippen molar-refractivity contribution in [3.05, 3.63) is 39.7 Å². The lowest BCUT2D eigenvalue weighted by Gasteiger charge is -2.17. The van der Waals surface area contributed by atoms with Gasteiger partial charge in [-0.05, 0) is 50.8 Å². The molecule has 0 fully saturated rings. The molecule has 0 spiro atoms. The zero-order chi connectivity index (χ0) is 21.4. The molecular formula is C22H29NO6. The fraction of sp³-hybridized carbons (Fsp3) is 0.500. The third kappa shape index (κ3) is 6.34. The van der Waals surface area contributed by atoms with Crippen molar-refractivity contribution in [2.24, 2.45) is 0 Å². The smallest absolute Gasteiger partial charge is 0.336 e. The van der Waals surface area contributed by atoms with Crippen LogP contribution in [-0.4, -0.2) is 29.6 Å². The van der Waals surface area contributed by atoms with Gasteiger partial charge in [-0.2, -0.15) is 0 Å². The van der Waals surface area contributed by atoms with E-state index in [2.05, 4.69) is 12.2 Å². The van der Waals surface area contributed by atoms with Crippen LogP contribution in [0.15, 0.2) is 27.4 Å². The van der Waals surface area contributed by atoms with E-state index in [9.17, 15) is 14.4 Å². The average Bonchev–Trinajstić information content (AvgIpc) is 2.66. The van der Waals surface area contributed by atoms with E-state index in [4.69, 9.17) is 14.3 Å². The highest BCUT2D eigenvalue weighted by Gasteiger charge is 2.17. The summed E-state index contributed by atoms with van der Waals surface area (Å²) in [6.45, 7) is 5.99. The Bertz CT molecular complexity index is 917. The number of amides is 1. The molecule has 1 aromatic carbocycles. The van der Waals surface area contributed by atoms with Gasteiger partial charge in [0.15, 0.2) is 6.10 Å². The van der Waals surface area contributed by atoms with Gasteiger partial charge in [-0.15, -0.1) is 0 Å². The summed E-state index contributed by atoms with van der Waals surface area (Å²) in [5, 5.41) is 12.3. The standard InChI is InChI=1S/C22H29NO6/c1-4-8-16-13-20(26)29-21-14(2)18(11-10-17(16)21)28-15(3)22(27)23-12-7-5-6-9-19(24)25/h10-11,13,15H,4-9,12H2,1-3H3,(H,23,27)(H,24,25)/t15-/m0/s1. The van der Waals surface area contributed by atoms with E-state index in [0.717, 1.165) is 30.2 Å². The minimum absolute atomic E-state index is 0.144. The van der Waals surface area contributed by atoms with Crippen molar-refractivity contribution >= 4 is 22.8 Å². The van der Waals surface area contributed by atoms with Crippen LogP contribution in [0.1, 0.15) is 57.1 Å². The maximum Gasteiger partial charge on any atom is 0.336 e. The summed E-state index contributed by atoms with van der Waals surface area (Å²) in [6, 6.07) is 5.18. The van der Waals surface area contributed by atoms with Gasteiger partial charge in [0.25, 0.3) is 5.91 Å². The Morgan fingerprint density at radius 1 is 1.24 bits per heavy atom. The molecular weight excluding hydrogens is 374 g/mol. The van der Waals surface area contributed by atoms with Crippen molar-refractivity contribution in [2.75, 3.05) is 6.54 Å². The van der Waals surface area contributed by atoms with Crippen LogP contribution < -0.4 is 15.7 Å². The first-order valence-corrected chi connectivity index (χ1v) is 10.1. The predicted octanol–water partition coefficient (Wildman–Crippen LogP) is 3.58. The quantitative estimate of drug-likeness (QED) is 0.439. The minimum Gasteiger partial charge on any atom is -0.481 e. The summed E-state index contributed by atoms with van der Waals surface area (Å²) in [5.74, 6) is -0.554. The zero-order valence-corrected chi connectivity index (χ0v) is 17.2. The fourth-order valence-corrected chi connectivity index (χ4v) is 3.19. The number of hydrogen-bond donors (Lipinski definition) is 2. The molecule has 0 aliphatic rings. The number of aryl methyl sites for hydroxylation is 2. The van der Waals surface area contributed by atoms with E-state index in [1.54, 1.807) is 13.0 Å². The highest BCUT2D eigenvalue weighted by molar-refractivity contribution is 5.85. The van der Waals surface area contributed by atoms with Gasteiger partial charge in [-0.1, -0.05) is 19.8 Å². The van der Waals surface area contributed by atoms with E-state index in [-0.39, 0.29) is 12.3 Å². The lowest BCUT2D eigenvalue weighted by molar-refractivity contribution is -0.137. The highest BCUT2D eigenvalue weighted by atomic mass is 16.5. The molecule has 0 aliphatic heterocycles. The van der Waals surface area contributed by atoms with Crippen LogP contribution in [0, 0.1) is 6.92 Å². The minimum atomic E-state index is -0.806. The van der Waals surface area contributed by atoms with Crippen molar-refractivity contribution in [1.82, 2.24) is 5.32 Å². The molecule has 0 bridgehead atoms. The second-order valence-electron chi connectivity index (χ2n) is 7.16. The van der Waals surface area contributed by atoms with E-state index in [1.165, 1.54) is 6.07 Å². The molecule has 0 saturated heterocycles. The summed E-state index contributed by atoms with van der Waals surface area (Å²) in [6.07, 6.45) is 3.19. The van der Waals surface area contributed by atoms with Crippen molar-refractivity contribution < 1.29 is 23.8 Å². The normalized spacial score (nSPS) is 12.0. The monoisotopic (exact) mass is 403 g/mol. The third-order valence-electron chi connectivity index (χ3n) is 4.76. The van der Waals surface area contributed by atoms with Gasteiger partial charge >= 0.3 is 11.6 Å². The van der Waals surface area contributed by atoms with Gasteiger partial charge in [0.1, 0.15) is 11.3 Å². The van der Waals surface area contributed by atoms with Crippen LogP contribution in [-0.2, 0) is 16.0 Å². The summed E-state index contributed by atoms with van der Waals surface area (Å²) in [4.78, 5) is 34.6. The Kier molecular flexibility index (Phi) is 8.24. The number of rotatable bonds is 11. The first-order chi connectivity index (χ1) is 13.8. The molecule has 7 nitrogen and oxygen atoms in total. The number of carbonyl (C=O) groups is 2. The van der Waals surface area contributed by atoms with Gasteiger partial charge in [0.05, 0.1) is 0 Å². The predicted molar refractivity (Wildman–Crippen MR) is 110 cm³/mol. The molecule has 0 unspecified atom stereocenters. The summed E-state index contributed by atoms with van der Waals surface area (Å²) in [7, 11) is 0.